The predicted molar refractivity (Wildman–Crippen MR) is 79.3 cm³/mol. The van der Waals surface area contributed by atoms with E-state index in [1.54, 1.807) is 44.3 Å². The molecule has 3 rings (SSSR count). The van der Waals surface area contributed by atoms with Crippen molar-refractivity contribution in [1.82, 2.24) is 0 Å². The number of amides is 1. The fraction of sp³-hybridized carbons (Fsp3) is 0.176. The molecule has 1 atom stereocenters. The summed E-state index contributed by atoms with van der Waals surface area (Å²) in [6, 6.07) is 16.1. The average molecular weight is 281 g/mol. The van der Waals surface area contributed by atoms with Gasteiger partial charge in [0.05, 0.1) is 0 Å². The molecule has 0 aromatic heterocycles. The molecule has 2 aromatic carbocycles. The zero-order valence-electron chi connectivity index (χ0n) is 11.9. The zero-order chi connectivity index (χ0) is 15.0. The molecule has 4 heteroatoms. The van der Waals surface area contributed by atoms with Crippen molar-refractivity contribution in [2.24, 2.45) is 0 Å². The van der Waals surface area contributed by atoms with E-state index in [2.05, 4.69) is 0 Å². The first-order chi connectivity index (χ1) is 10.0. The van der Waals surface area contributed by atoms with Gasteiger partial charge in [-0.15, -0.1) is 0 Å². The van der Waals surface area contributed by atoms with E-state index in [1.807, 2.05) is 24.3 Å². The third kappa shape index (κ3) is 1.91. The lowest BCUT2D eigenvalue weighted by Gasteiger charge is -2.21. The van der Waals surface area contributed by atoms with Crippen LogP contribution in [0.2, 0.25) is 0 Å². The monoisotopic (exact) mass is 281 g/mol. The summed E-state index contributed by atoms with van der Waals surface area (Å²) in [7, 11) is 1.67. The Morgan fingerprint density at radius 3 is 2.38 bits per heavy atom. The van der Waals surface area contributed by atoms with E-state index in [0.29, 0.717) is 11.3 Å². The van der Waals surface area contributed by atoms with Gasteiger partial charge in [-0.05, 0) is 25.1 Å². The number of hydrogen-bond donors (Lipinski definition) is 0. The van der Waals surface area contributed by atoms with E-state index in [0.717, 1.165) is 5.69 Å². The number of anilines is 1. The van der Waals surface area contributed by atoms with Crippen molar-refractivity contribution in [3.05, 3.63) is 60.2 Å². The quantitative estimate of drug-likeness (QED) is 0.483. The lowest BCUT2D eigenvalue weighted by molar-refractivity contribution is -0.145. The standard InChI is InChI=1S/C17H15NO3/c1-17(16(20)21-12-8-4-3-5-9-12)13-10-6-7-11-14(13)18(2)15(17)19/h3-11H,1-2H3/t17-/m1/s1. The van der Waals surface area contributed by atoms with Gasteiger partial charge >= 0.3 is 5.97 Å². The normalized spacial score (nSPS) is 20.3. The Morgan fingerprint density at radius 1 is 1.05 bits per heavy atom. The van der Waals surface area contributed by atoms with Crippen molar-refractivity contribution in [3.63, 3.8) is 0 Å². The van der Waals surface area contributed by atoms with Gasteiger partial charge in [0.1, 0.15) is 5.75 Å². The summed E-state index contributed by atoms with van der Waals surface area (Å²) < 4.78 is 5.39. The summed E-state index contributed by atoms with van der Waals surface area (Å²) in [6.07, 6.45) is 0. The summed E-state index contributed by atoms with van der Waals surface area (Å²) in [5.74, 6) is -0.399. The summed E-state index contributed by atoms with van der Waals surface area (Å²) in [5, 5.41) is 0. The minimum absolute atomic E-state index is 0.273. The van der Waals surface area contributed by atoms with Crippen LogP contribution in [0.15, 0.2) is 54.6 Å². The Labute approximate surface area is 123 Å². The van der Waals surface area contributed by atoms with Crippen molar-refractivity contribution < 1.29 is 14.3 Å². The van der Waals surface area contributed by atoms with E-state index in [4.69, 9.17) is 4.74 Å². The molecule has 1 heterocycles. The number of carbonyl (C=O) groups excluding carboxylic acids is 2. The molecule has 0 unspecified atom stereocenters. The van der Waals surface area contributed by atoms with Crippen LogP contribution in [0, 0.1) is 0 Å². The molecular formula is C17H15NO3. The Hall–Kier alpha value is -2.62. The number of nitrogens with zero attached hydrogens (tertiary/aromatic N) is 1. The number of carbonyl (C=O) groups is 2. The smallest absolute Gasteiger partial charge is 0.331 e. The fourth-order valence-corrected chi connectivity index (χ4v) is 2.64. The summed E-state index contributed by atoms with van der Waals surface area (Å²) in [6.45, 7) is 1.61. The van der Waals surface area contributed by atoms with Gasteiger partial charge in [0, 0.05) is 18.3 Å². The van der Waals surface area contributed by atoms with Crippen LogP contribution < -0.4 is 9.64 Å². The highest BCUT2D eigenvalue weighted by Gasteiger charge is 2.53. The molecule has 1 aliphatic rings. The SMILES string of the molecule is CN1C(=O)[C@](C)(C(=O)Oc2ccccc2)c2ccccc21. The maximum Gasteiger partial charge on any atom is 0.331 e. The first-order valence-electron chi connectivity index (χ1n) is 6.70. The van der Waals surface area contributed by atoms with Crippen LogP contribution >= 0.6 is 0 Å². The average Bonchev–Trinajstić information content (AvgIpc) is 2.72. The fourth-order valence-electron chi connectivity index (χ4n) is 2.64. The third-order valence-electron chi connectivity index (χ3n) is 3.90. The molecule has 21 heavy (non-hydrogen) atoms. The minimum Gasteiger partial charge on any atom is -0.425 e. The van der Waals surface area contributed by atoms with Gasteiger partial charge in [0.25, 0.3) is 0 Å². The van der Waals surface area contributed by atoms with Gasteiger partial charge in [0.15, 0.2) is 5.41 Å². The molecule has 1 aliphatic heterocycles. The topological polar surface area (TPSA) is 46.6 Å². The number of benzene rings is 2. The molecule has 1 amide bonds. The molecule has 0 aliphatic carbocycles. The van der Waals surface area contributed by atoms with E-state index in [-0.39, 0.29) is 5.91 Å². The van der Waals surface area contributed by atoms with Crippen LogP contribution in [-0.4, -0.2) is 18.9 Å². The van der Waals surface area contributed by atoms with Gasteiger partial charge in [-0.2, -0.15) is 0 Å². The summed E-state index contributed by atoms with van der Waals surface area (Å²) in [4.78, 5) is 26.6. The highest BCUT2D eigenvalue weighted by Crippen LogP contribution is 2.41. The highest BCUT2D eigenvalue weighted by molar-refractivity contribution is 6.20. The molecule has 0 bridgehead atoms. The molecule has 0 saturated heterocycles. The molecule has 0 radical (unpaired) electrons. The third-order valence-corrected chi connectivity index (χ3v) is 3.90. The van der Waals surface area contributed by atoms with Crippen molar-refractivity contribution in [1.29, 1.82) is 0 Å². The second-order valence-electron chi connectivity index (χ2n) is 5.21. The van der Waals surface area contributed by atoms with Crippen LogP contribution in [0.4, 0.5) is 5.69 Å². The minimum atomic E-state index is -1.30. The highest BCUT2D eigenvalue weighted by atomic mass is 16.5. The van der Waals surface area contributed by atoms with Gasteiger partial charge in [0.2, 0.25) is 5.91 Å². The maximum absolute atomic E-state index is 12.6. The maximum atomic E-state index is 12.6. The van der Waals surface area contributed by atoms with Crippen molar-refractivity contribution in [2.45, 2.75) is 12.3 Å². The lowest BCUT2D eigenvalue weighted by Crippen LogP contribution is -2.45. The Kier molecular flexibility index (Phi) is 3.01. The van der Waals surface area contributed by atoms with Crippen LogP contribution in [0.1, 0.15) is 12.5 Å². The van der Waals surface area contributed by atoms with Crippen LogP contribution in [-0.2, 0) is 15.0 Å². The molecule has 2 aromatic rings. The van der Waals surface area contributed by atoms with Gasteiger partial charge in [-0.3, -0.25) is 9.59 Å². The van der Waals surface area contributed by atoms with Gasteiger partial charge < -0.3 is 9.64 Å². The molecule has 0 N–H and O–H groups in total. The van der Waals surface area contributed by atoms with Crippen molar-refractivity contribution >= 4 is 17.6 Å². The largest absolute Gasteiger partial charge is 0.425 e. The number of ether oxygens (including phenoxy) is 1. The first kappa shape index (κ1) is 13.4. The number of esters is 1. The van der Waals surface area contributed by atoms with Gasteiger partial charge in [-0.25, -0.2) is 0 Å². The van der Waals surface area contributed by atoms with E-state index < -0.39 is 11.4 Å². The molecule has 0 saturated carbocycles. The summed E-state index contributed by atoms with van der Waals surface area (Å²) >= 11 is 0. The summed E-state index contributed by atoms with van der Waals surface area (Å²) in [5.41, 5.74) is 0.120. The Balaban J connectivity index is 2.00. The number of fused-ring (bicyclic) bond motifs is 1. The Bertz CT molecular complexity index is 711. The molecule has 106 valence electrons. The lowest BCUT2D eigenvalue weighted by atomic mass is 9.84. The molecule has 0 fully saturated rings. The van der Waals surface area contributed by atoms with Crippen molar-refractivity contribution in [2.75, 3.05) is 11.9 Å². The molecule has 0 spiro atoms. The van der Waals surface area contributed by atoms with E-state index >= 15 is 0 Å². The predicted octanol–water partition coefficient (Wildman–Crippen LogP) is 2.53. The number of para-hydroxylation sites is 2. The van der Waals surface area contributed by atoms with Crippen LogP contribution in [0.3, 0.4) is 0 Å². The second kappa shape index (κ2) is 4.74. The first-order valence-corrected chi connectivity index (χ1v) is 6.70. The second-order valence-corrected chi connectivity index (χ2v) is 5.21. The van der Waals surface area contributed by atoms with E-state index in [9.17, 15) is 9.59 Å². The number of rotatable bonds is 2. The Morgan fingerprint density at radius 2 is 1.67 bits per heavy atom. The molecule has 4 nitrogen and oxygen atoms in total. The van der Waals surface area contributed by atoms with E-state index in [1.165, 1.54) is 4.90 Å². The zero-order valence-corrected chi connectivity index (χ0v) is 11.9. The van der Waals surface area contributed by atoms with Crippen LogP contribution in [0.5, 0.6) is 5.75 Å². The van der Waals surface area contributed by atoms with Crippen LogP contribution in [0.25, 0.3) is 0 Å². The number of hydrogen-bond acceptors (Lipinski definition) is 3. The van der Waals surface area contributed by atoms with Crippen molar-refractivity contribution in [3.8, 4) is 5.75 Å². The van der Waals surface area contributed by atoms with Gasteiger partial charge in [-0.1, -0.05) is 36.4 Å². The number of likely N-dealkylation sites (N-methyl/N-ethyl adjacent to an activating group) is 1. The molecular weight excluding hydrogens is 266 g/mol.